The SMILES string of the molecule is COc1c(C)cc(Br)cc1C.COc1c(C)cc(N)cc1C.COc1c(C)cc(Nc2cc(C)c(OC)c(C)c2)cc1C. The second-order valence-electron chi connectivity index (χ2n) is 10.7. The van der Waals surface area contributed by atoms with Crippen LogP contribution < -0.4 is 30.0 Å². The Hall–Kier alpha value is -3.84. The molecule has 4 aromatic carbocycles. The molecule has 0 heterocycles. The standard InChI is InChI=1S/C18H23NO2.C9H11BrO.C9H13NO/c1-11-7-15(8-12(2)17(11)20-5)19-16-9-13(3)18(21-6)14(4)10-16;2*1-6-4-8(10)5-7(2)9(6)11-3/h7-10,19H,1-6H3;4-5H,1-3H3;4-5H,10H2,1-3H3. The molecule has 0 aliphatic rings. The van der Waals surface area contributed by atoms with Crippen molar-refractivity contribution in [2.75, 3.05) is 39.5 Å². The molecule has 43 heavy (non-hydrogen) atoms. The third kappa shape index (κ3) is 9.58. The lowest BCUT2D eigenvalue weighted by Gasteiger charge is -2.15. The highest BCUT2D eigenvalue weighted by molar-refractivity contribution is 9.10. The molecule has 3 N–H and O–H groups in total. The molecule has 0 aromatic heterocycles. The average molecular weight is 652 g/mol. The van der Waals surface area contributed by atoms with Gasteiger partial charge in [-0.05, 0) is 148 Å². The monoisotopic (exact) mass is 650 g/mol. The Balaban J connectivity index is 0.000000247. The molecule has 0 amide bonds. The van der Waals surface area contributed by atoms with E-state index >= 15 is 0 Å². The summed E-state index contributed by atoms with van der Waals surface area (Å²) in [6, 6.07) is 16.3. The number of hydrogen-bond acceptors (Lipinski definition) is 6. The van der Waals surface area contributed by atoms with E-state index in [1.165, 1.54) is 11.1 Å². The third-order valence-corrected chi connectivity index (χ3v) is 7.39. The highest BCUT2D eigenvalue weighted by atomic mass is 79.9. The van der Waals surface area contributed by atoms with Gasteiger partial charge in [0.05, 0.1) is 28.4 Å². The van der Waals surface area contributed by atoms with Crippen LogP contribution in [0.3, 0.4) is 0 Å². The van der Waals surface area contributed by atoms with Crippen molar-refractivity contribution >= 4 is 33.0 Å². The summed E-state index contributed by atoms with van der Waals surface area (Å²) in [6.45, 7) is 16.3. The minimum atomic E-state index is 0.792. The first-order chi connectivity index (χ1) is 20.3. The van der Waals surface area contributed by atoms with Crippen molar-refractivity contribution in [3.05, 3.63) is 97.5 Å². The molecule has 232 valence electrons. The van der Waals surface area contributed by atoms with Crippen LogP contribution in [0.25, 0.3) is 0 Å². The van der Waals surface area contributed by atoms with Crippen LogP contribution in [-0.2, 0) is 0 Å². The van der Waals surface area contributed by atoms with Gasteiger partial charge in [0.1, 0.15) is 23.0 Å². The molecule has 6 nitrogen and oxygen atoms in total. The van der Waals surface area contributed by atoms with E-state index < -0.39 is 0 Å². The number of nitrogen functional groups attached to an aromatic ring is 1. The number of rotatable bonds is 6. The molecule has 0 fully saturated rings. The largest absolute Gasteiger partial charge is 0.496 e. The molecule has 7 heteroatoms. The van der Waals surface area contributed by atoms with E-state index in [9.17, 15) is 0 Å². The first kappa shape index (κ1) is 35.4. The number of anilines is 3. The van der Waals surface area contributed by atoms with Gasteiger partial charge in [0, 0.05) is 21.5 Å². The maximum Gasteiger partial charge on any atom is 0.124 e. The number of hydrogen-bond donors (Lipinski definition) is 2. The number of aryl methyl sites for hydroxylation is 8. The minimum absolute atomic E-state index is 0.792. The smallest absolute Gasteiger partial charge is 0.124 e. The Morgan fingerprint density at radius 3 is 0.930 bits per heavy atom. The van der Waals surface area contributed by atoms with Crippen molar-refractivity contribution < 1.29 is 18.9 Å². The van der Waals surface area contributed by atoms with Crippen LogP contribution in [0, 0.1) is 55.4 Å². The summed E-state index contributed by atoms with van der Waals surface area (Å²) < 4.78 is 22.3. The van der Waals surface area contributed by atoms with Crippen molar-refractivity contribution in [3.8, 4) is 23.0 Å². The van der Waals surface area contributed by atoms with Gasteiger partial charge in [-0.2, -0.15) is 0 Å². The van der Waals surface area contributed by atoms with E-state index in [0.717, 1.165) is 77.9 Å². The lowest BCUT2D eigenvalue weighted by atomic mass is 10.1. The molecule has 4 rings (SSSR count). The molecule has 0 atom stereocenters. The molecule has 0 bridgehead atoms. The molecule has 4 aromatic rings. The molecule has 0 radical (unpaired) electrons. The van der Waals surface area contributed by atoms with Crippen molar-refractivity contribution in [1.29, 1.82) is 0 Å². The number of nitrogens with one attached hydrogen (secondary N) is 1. The molecule has 0 unspecified atom stereocenters. The number of benzene rings is 4. The van der Waals surface area contributed by atoms with E-state index in [2.05, 4.69) is 73.2 Å². The fourth-order valence-electron chi connectivity index (χ4n) is 5.38. The van der Waals surface area contributed by atoms with Crippen LogP contribution in [0.4, 0.5) is 17.1 Å². The summed E-state index contributed by atoms with van der Waals surface area (Å²) in [5.41, 5.74) is 17.6. The predicted molar refractivity (Wildman–Crippen MR) is 185 cm³/mol. The summed E-state index contributed by atoms with van der Waals surface area (Å²) in [5, 5.41) is 3.46. The first-order valence-electron chi connectivity index (χ1n) is 14.0. The van der Waals surface area contributed by atoms with Gasteiger partial charge in [-0.15, -0.1) is 0 Å². The zero-order valence-electron chi connectivity index (χ0n) is 27.7. The molecular weight excluding hydrogens is 604 g/mol. The fourth-order valence-corrected chi connectivity index (χ4v) is 6.07. The van der Waals surface area contributed by atoms with Crippen LogP contribution in [-0.4, -0.2) is 28.4 Å². The number of methoxy groups -OCH3 is 4. The quantitative estimate of drug-likeness (QED) is 0.202. The van der Waals surface area contributed by atoms with Gasteiger partial charge in [-0.1, -0.05) is 15.9 Å². The number of halogens is 1. The predicted octanol–water partition coefficient (Wildman–Crippen LogP) is 9.65. The van der Waals surface area contributed by atoms with Crippen LogP contribution in [0.1, 0.15) is 44.5 Å². The van der Waals surface area contributed by atoms with Crippen LogP contribution >= 0.6 is 15.9 Å². The fraction of sp³-hybridized carbons (Fsp3) is 0.333. The topological polar surface area (TPSA) is 75.0 Å². The van der Waals surface area contributed by atoms with Crippen molar-refractivity contribution in [3.63, 3.8) is 0 Å². The average Bonchev–Trinajstić information content (AvgIpc) is 2.88. The van der Waals surface area contributed by atoms with E-state index in [1.807, 2.05) is 52.0 Å². The summed E-state index contributed by atoms with van der Waals surface area (Å²) in [4.78, 5) is 0. The van der Waals surface area contributed by atoms with Crippen molar-refractivity contribution in [2.24, 2.45) is 0 Å². The Kier molecular flexibility index (Phi) is 13.3. The van der Waals surface area contributed by atoms with E-state index in [0.29, 0.717) is 0 Å². The zero-order valence-corrected chi connectivity index (χ0v) is 29.3. The summed E-state index contributed by atoms with van der Waals surface area (Å²) in [5.74, 6) is 3.80. The van der Waals surface area contributed by atoms with Crippen LogP contribution in [0.2, 0.25) is 0 Å². The summed E-state index contributed by atoms with van der Waals surface area (Å²) in [7, 11) is 6.78. The van der Waals surface area contributed by atoms with Gasteiger partial charge < -0.3 is 30.0 Å². The second kappa shape index (κ2) is 16.1. The van der Waals surface area contributed by atoms with E-state index in [-0.39, 0.29) is 0 Å². The number of ether oxygens (including phenoxy) is 4. The van der Waals surface area contributed by atoms with Gasteiger partial charge in [0.15, 0.2) is 0 Å². The van der Waals surface area contributed by atoms with Gasteiger partial charge >= 0.3 is 0 Å². The Morgan fingerprint density at radius 2 is 0.674 bits per heavy atom. The lowest BCUT2D eigenvalue weighted by Crippen LogP contribution is -1.98. The first-order valence-corrected chi connectivity index (χ1v) is 14.8. The van der Waals surface area contributed by atoms with Gasteiger partial charge in [0.2, 0.25) is 0 Å². The highest BCUT2D eigenvalue weighted by Crippen LogP contribution is 2.32. The van der Waals surface area contributed by atoms with Crippen LogP contribution in [0.5, 0.6) is 23.0 Å². The molecule has 0 spiro atoms. The molecule has 0 aliphatic carbocycles. The summed E-state index contributed by atoms with van der Waals surface area (Å²) >= 11 is 3.42. The van der Waals surface area contributed by atoms with Crippen LogP contribution in [0.15, 0.2) is 53.0 Å². The van der Waals surface area contributed by atoms with Gasteiger partial charge in [-0.3, -0.25) is 0 Å². The maximum absolute atomic E-state index is 5.63. The molecule has 0 aliphatic heterocycles. The lowest BCUT2D eigenvalue weighted by molar-refractivity contribution is 0.408. The van der Waals surface area contributed by atoms with E-state index in [1.54, 1.807) is 28.4 Å². The van der Waals surface area contributed by atoms with Gasteiger partial charge in [-0.25, -0.2) is 0 Å². The number of nitrogens with two attached hydrogens (primary N) is 1. The van der Waals surface area contributed by atoms with Gasteiger partial charge in [0.25, 0.3) is 0 Å². The summed E-state index contributed by atoms with van der Waals surface area (Å²) in [6.07, 6.45) is 0. The Bertz CT molecular complexity index is 1340. The molecular formula is C36H47BrN2O4. The highest BCUT2D eigenvalue weighted by Gasteiger charge is 2.09. The minimum Gasteiger partial charge on any atom is -0.496 e. The van der Waals surface area contributed by atoms with Crippen molar-refractivity contribution in [1.82, 2.24) is 0 Å². The Labute approximate surface area is 266 Å². The Morgan fingerprint density at radius 1 is 0.442 bits per heavy atom. The maximum atomic E-state index is 5.63. The normalized spacial score (nSPS) is 10.1. The molecule has 0 saturated carbocycles. The molecule has 0 saturated heterocycles. The van der Waals surface area contributed by atoms with Crippen molar-refractivity contribution in [2.45, 2.75) is 55.4 Å². The second-order valence-corrected chi connectivity index (χ2v) is 11.6. The third-order valence-electron chi connectivity index (χ3n) is 6.93. The van der Waals surface area contributed by atoms with E-state index in [4.69, 9.17) is 24.7 Å². The zero-order chi connectivity index (χ0) is 32.4.